The molecule has 0 radical (unpaired) electrons. The van der Waals surface area contributed by atoms with Crippen LogP contribution in [0.5, 0.6) is 0 Å². The molecule has 2 amide bonds. The van der Waals surface area contributed by atoms with Crippen molar-refractivity contribution < 1.29 is 14.0 Å². The third-order valence-electron chi connectivity index (χ3n) is 2.85. The highest BCUT2D eigenvalue weighted by atomic mass is 19.1. The summed E-state index contributed by atoms with van der Waals surface area (Å²) in [6, 6.07) is 12.9. The molecule has 108 valence electrons. The Balaban J connectivity index is 1.88. The van der Waals surface area contributed by atoms with Crippen molar-refractivity contribution in [1.29, 1.82) is 0 Å². The standard InChI is InChI=1S/C16H15FN2O2/c1-11-3-2-4-14(9-11)19-16(21)15(20)18-10-12-5-7-13(17)8-6-12/h2-9H,10H2,1H3,(H,18,20)(H,19,21). The van der Waals surface area contributed by atoms with Crippen molar-refractivity contribution in [2.45, 2.75) is 13.5 Å². The third-order valence-corrected chi connectivity index (χ3v) is 2.85. The van der Waals surface area contributed by atoms with E-state index in [1.807, 2.05) is 13.0 Å². The molecule has 0 saturated carbocycles. The van der Waals surface area contributed by atoms with E-state index in [4.69, 9.17) is 0 Å². The van der Waals surface area contributed by atoms with Gasteiger partial charge in [-0.3, -0.25) is 9.59 Å². The molecule has 2 aromatic rings. The van der Waals surface area contributed by atoms with Gasteiger partial charge in [-0.25, -0.2) is 4.39 Å². The summed E-state index contributed by atoms with van der Waals surface area (Å²) < 4.78 is 12.7. The number of rotatable bonds is 3. The predicted molar refractivity (Wildman–Crippen MR) is 78.1 cm³/mol. The summed E-state index contributed by atoms with van der Waals surface area (Å²) in [7, 11) is 0. The quantitative estimate of drug-likeness (QED) is 0.851. The van der Waals surface area contributed by atoms with Gasteiger partial charge in [-0.1, -0.05) is 24.3 Å². The fourth-order valence-electron chi connectivity index (χ4n) is 1.78. The molecular weight excluding hydrogens is 271 g/mol. The zero-order chi connectivity index (χ0) is 15.2. The fourth-order valence-corrected chi connectivity index (χ4v) is 1.78. The van der Waals surface area contributed by atoms with Gasteiger partial charge >= 0.3 is 11.8 Å². The van der Waals surface area contributed by atoms with Crippen molar-refractivity contribution in [2.24, 2.45) is 0 Å². The van der Waals surface area contributed by atoms with E-state index in [1.54, 1.807) is 30.3 Å². The second-order valence-corrected chi connectivity index (χ2v) is 4.63. The predicted octanol–water partition coefficient (Wildman–Crippen LogP) is 2.39. The number of aryl methyl sites for hydroxylation is 1. The molecular formula is C16H15FN2O2. The molecule has 2 rings (SSSR count). The van der Waals surface area contributed by atoms with Gasteiger partial charge in [-0.05, 0) is 42.3 Å². The lowest BCUT2D eigenvalue weighted by atomic mass is 10.2. The Kier molecular flexibility index (Phi) is 4.66. The van der Waals surface area contributed by atoms with Gasteiger partial charge in [-0.2, -0.15) is 0 Å². The maximum absolute atomic E-state index is 12.7. The summed E-state index contributed by atoms with van der Waals surface area (Å²) in [5.41, 5.74) is 2.27. The molecule has 5 heteroatoms. The van der Waals surface area contributed by atoms with Crippen molar-refractivity contribution in [1.82, 2.24) is 5.32 Å². The average molecular weight is 286 g/mol. The Morgan fingerprint density at radius 1 is 1.05 bits per heavy atom. The van der Waals surface area contributed by atoms with Crippen LogP contribution >= 0.6 is 0 Å². The van der Waals surface area contributed by atoms with Crippen molar-refractivity contribution in [3.63, 3.8) is 0 Å². The number of carbonyl (C=O) groups excluding carboxylic acids is 2. The van der Waals surface area contributed by atoms with E-state index in [0.717, 1.165) is 5.56 Å². The molecule has 0 aliphatic rings. The minimum absolute atomic E-state index is 0.167. The van der Waals surface area contributed by atoms with Crippen molar-refractivity contribution in [2.75, 3.05) is 5.32 Å². The van der Waals surface area contributed by atoms with Crippen LogP contribution in [0.15, 0.2) is 48.5 Å². The highest BCUT2D eigenvalue weighted by Crippen LogP contribution is 2.09. The Bertz CT molecular complexity index is 654. The number of hydrogen-bond acceptors (Lipinski definition) is 2. The maximum Gasteiger partial charge on any atom is 0.313 e. The maximum atomic E-state index is 12.7. The molecule has 2 N–H and O–H groups in total. The number of nitrogens with one attached hydrogen (secondary N) is 2. The summed E-state index contributed by atoms with van der Waals surface area (Å²) in [5, 5.41) is 5.00. The van der Waals surface area contributed by atoms with Crippen LogP contribution in [0.1, 0.15) is 11.1 Å². The van der Waals surface area contributed by atoms with Crippen LogP contribution in [0.2, 0.25) is 0 Å². The lowest BCUT2D eigenvalue weighted by Crippen LogP contribution is -2.34. The molecule has 0 fully saturated rings. The van der Waals surface area contributed by atoms with Crippen LogP contribution in [0.4, 0.5) is 10.1 Å². The normalized spacial score (nSPS) is 10.0. The SMILES string of the molecule is Cc1cccc(NC(=O)C(=O)NCc2ccc(F)cc2)c1. The minimum atomic E-state index is -0.735. The Labute approximate surface area is 122 Å². The molecule has 2 aromatic carbocycles. The largest absolute Gasteiger partial charge is 0.344 e. The van der Waals surface area contributed by atoms with Crippen molar-refractivity contribution >= 4 is 17.5 Å². The summed E-state index contributed by atoms with van der Waals surface area (Å²) in [5.74, 6) is -1.81. The minimum Gasteiger partial charge on any atom is -0.344 e. The van der Waals surface area contributed by atoms with Crippen molar-refractivity contribution in [3.05, 3.63) is 65.5 Å². The number of anilines is 1. The molecule has 4 nitrogen and oxygen atoms in total. The second kappa shape index (κ2) is 6.65. The van der Waals surface area contributed by atoms with Gasteiger partial charge in [0.05, 0.1) is 0 Å². The molecule has 0 aromatic heterocycles. The highest BCUT2D eigenvalue weighted by molar-refractivity contribution is 6.39. The van der Waals surface area contributed by atoms with Gasteiger partial charge in [-0.15, -0.1) is 0 Å². The van der Waals surface area contributed by atoms with Crippen LogP contribution in [0.3, 0.4) is 0 Å². The van der Waals surface area contributed by atoms with Gasteiger partial charge in [0.15, 0.2) is 0 Å². The molecule has 0 bridgehead atoms. The van der Waals surface area contributed by atoms with E-state index < -0.39 is 11.8 Å². The summed E-state index contributed by atoms with van der Waals surface area (Å²) in [6.07, 6.45) is 0. The Hall–Kier alpha value is -2.69. The Morgan fingerprint density at radius 2 is 1.76 bits per heavy atom. The average Bonchev–Trinajstić information content (AvgIpc) is 2.46. The van der Waals surface area contributed by atoms with Crippen LogP contribution in [0, 0.1) is 12.7 Å². The number of amides is 2. The van der Waals surface area contributed by atoms with Gasteiger partial charge in [0.1, 0.15) is 5.82 Å². The summed E-state index contributed by atoms with van der Waals surface area (Å²) in [4.78, 5) is 23.4. The van der Waals surface area contributed by atoms with Crippen LogP contribution in [-0.2, 0) is 16.1 Å². The van der Waals surface area contributed by atoms with Crippen molar-refractivity contribution in [3.8, 4) is 0 Å². The third kappa shape index (κ3) is 4.42. The number of carbonyl (C=O) groups is 2. The van der Waals surface area contributed by atoms with Crippen LogP contribution < -0.4 is 10.6 Å². The first-order valence-electron chi connectivity index (χ1n) is 6.45. The first-order chi connectivity index (χ1) is 10.0. The summed E-state index contributed by atoms with van der Waals surface area (Å²) in [6.45, 7) is 2.06. The van der Waals surface area contributed by atoms with E-state index >= 15 is 0 Å². The van der Waals surface area contributed by atoms with Crippen LogP contribution in [0.25, 0.3) is 0 Å². The van der Waals surface area contributed by atoms with E-state index in [9.17, 15) is 14.0 Å². The lowest BCUT2D eigenvalue weighted by Gasteiger charge is -2.07. The topological polar surface area (TPSA) is 58.2 Å². The molecule has 0 spiro atoms. The van der Waals surface area contributed by atoms with Crippen LogP contribution in [-0.4, -0.2) is 11.8 Å². The van der Waals surface area contributed by atoms with Gasteiger partial charge in [0, 0.05) is 12.2 Å². The number of hydrogen-bond donors (Lipinski definition) is 2. The molecule has 21 heavy (non-hydrogen) atoms. The fraction of sp³-hybridized carbons (Fsp3) is 0.125. The second-order valence-electron chi connectivity index (χ2n) is 4.63. The first kappa shape index (κ1) is 14.7. The summed E-state index contributed by atoms with van der Waals surface area (Å²) >= 11 is 0. The molecule has 0 saturated heterocycles. The van der Waals surface area contributed by atoms with Gasteiger partial charge in [0.25, 0.3) is 0 Å². The number of benzene rings is 2. The first-order valence-corrected chi connectivity index (χ1v) is 6.45. The van der Waals surface area contributed by atoms with E-state index in [1.165, 1.54) is 12.1 Å². The van der Waals surface area contributed by atoms with E-state index in [0.29, 0.717) is 11.3 Å². The monoisotopic (exact) mass is 286 g/mol. The smallest absolute Gasteiger partial charge is 0.313 e. The molecule has 0 atom stereocenters. The molecule has 0 unspecified atom stereocenters. The zero-order valence-corrected chi connectivity index (χ0v) is 11.5. The zero-order valence-electron chi connectivity index (χ0n) is 11.5. The van der Waals surface area contributed by atoms with E-state index in [-0.39, 0.29) is 12.4 Å². The number of halogens is 1. The van der Waals surface area contributed by atoms with Gasteiger partial charge in [0.2, 0.25) is 0 Å². The highest BCUT2D eigenvalue weighted by Gasteiger charge is 2.13. The van der Waals surface area contributed by atoms with E-state index in [2.05, 4.69) is 10.6 Å². The lowest BCUT2D eigenvalue weighted by molar-refractivity contribution is -0.136. The molecule has 0 aliphatic carbocycles. The Morgan fingerprint density at radius 3 is 2.43 bits per heavy atom. The molecule has 0 heterocycles. The van der Waals surface area contributed by atoms with Gasteiger partial charge < -0.3 is 10.6 Å². The molecule has 0 aliphatic heterocycles.